The molecule has 1 heterocycles. The quantitative estimate of drug-likeness (QED) is 0.445. The summed E-state index contributed by atoms with van der Waals surface area (Å²) >= 11 is 0. The number of aliphatic hydroxyl groups excluding tert-OH is 1. The summed E-state index contributed by atoms with van der Waals surface area (Å²) in [6.45, 7) is 7.08. The predicted molar refractivity (Wildman–Crippen MR) is 133 cm³/mol. The average molecular weight is 445 g/mol. The number of ether oxygens (including phenoxy) is 1. The number of hydrogen-bond donors (Lipinski definition) is 1. The molecule has 0 aromatic heterocycles. The van der Waals surface area contributed by atoms with Crippen molar-refractivity contribution < 1.29 is 14.3 Å². The maximum absolute atomic E-state index is 10.7. The lowest BCUT2D eigenvalue weighted by Crippen LogP contribution is -2.67. The van der Waals surface area contributed by atoms with Gasteiger partial charge in [0, 0.05) is 0 Å². The highest BCUT2D eigenvalue weighted by atomic mass is 28.4. The van der Waals surface area contributed by atoms with Gasteiger partial charge in [-0.1, -0.05) is 124 Å². The zero-order valence-electron chi connectivity index (χ0n) is 19.0. The summed E-state index contributed by atoms with van der Waals surface area (Å²) in [5, 5.41) is 13.0. The Morgan fingerprint density at radius 1 is 0.781 bits per heavy atom. The van der Waals surface area contributed by atoms with E-state index in [1.165, 1.54) is 10.4 Å². The van der Waals surface area contributed by atoms with Crippen molar-refractivity contribution in [3.63, 3.8) is 0 Å². The van der Waals surface area contributed by atoms with Crippen molar-refractivity contribution in [3.8, 4) is 0 Å². The fraction of sp³-hybridized carbons (Fsp3) is 0.286. The maximum atomic E-state index is 10.7. The molecule has 3 aromatic rings. The third kappa shape index (κ3) is 4.50. The van der Waals surface area contributed by atoms with Crippen LogP contribution in [0.2, 0.25) is 5.04 Å². The summed E-state index contributed by atoms with van der Waals surface area (Å²) in [4.78, 5) is 0. The van der Waals surface area contributed by atoms with Crippen LogP contribution in [0.5, 0.6) is 0 Å². The van der Waals surface area contributed by atoms with Crippen molar-refractivity contribution >= 4 is 18.7 Å². The first-order chi connectivity index (χ1) is 15.4. The molecule has 0 saturated heterocycles. The van der Waals surface area contributed by atoms with Gasteiger partial charge in [-0.25, -0.2) is 0 Å². The van der Waals surface area contributed by atoms with Gasteiger partial charge in [0.1, 0.15) is 18.3 Å². The van der Waals surface area contributed by atoms with E-state index in [1.54, 1.807) is 0 Å². The molecule has 0 aliphatic carbocycles. The van der Waals surface area contributed by atoms with Crippen molar-refractivity contribution in [2.24, 2.45) is 0 Å². The molecule has 32 heavy (non-hydrogen) atoms. The van der Waals surface area contributed by atoms with Crippen LogP contribution in [0.3, 0.4) is 0 Å². The Balaban J connectivity index is 1.67. The minimum atomic E-state index is -2.68. The van der Waals surface area contributed by atoms with Crippen LogP contribution in [0.1, 0.15) is 32.4 Å². The largest absolute Gasteiger partial charge is 0.405 e. The van der Waals surface area contributed by atoms with Crippen LogP contribution in [0.4, 0.5) is 0 Å². The molecular weight excluding hydrogens is 412 g/mol. The summed E-state index contributed by atoms with van der Waals surface area (Å²) in [5.74, 6) is 0. The summed E-state index contributed by atoms with van der Waals surface area (Å²) in [6, 6.07) is 31.2. The van der Waals surface area contributed by atoms with Gasteiger partial charge in [0.2, 0.25) is 0 Å². The Bertz CT molecular complexity index is 973. The highest BCUT2D eigenvalue weighted by Gasteiger charge is 2.50. The average Bonchev–Trinajstić information content (AvgIpc) is 2.81. The topological polar surface area (TPSA) is 38.7 Å². The first-order valence-corrected chi connectivity index (χ1v) is 13.1. The lowest BCUT2D eigenvalue weighted by Gasteiger charge is -2.44. The molecule has 0 radical (unpaired) electrons. The molecular formula is C28H32O3Si. The monoisotopic (exact) mass is 444 g/mol. The summed E-state index contributed by atoms with van der Waals surface area (Å²) in [7, 11) is -2.68. The van der Waals surface area contributed by atoms with Crippen LogP contribution >= 0.6 is 0 Å². The molecule has 0 saturated carbocycles. The van der Waals surface area contributed by atoms with E-state index in [0.29, 0.717) is 6.61 Å². The molecule has 1 aliphatic rings. The second-order valence-corrected chi connectivity index (χ2v) is 13.7. The van der Waals surface area contributed by atoms with Crippen LogP contribution in [-0.4, -0.2) is 32.2 Å². The van der Waals surface area contributed by atoms with E-state index in [1.807, 2.05) is 54.6 Å². The van der Waals surface area contributed by atoms with Gasteiger partial charge in [-0.15, -0.1) is 0 Å². The van der Waals surface area contributed by atoms with Crippen LogP contribution in [0.15, 0.2) is 103 Å². The molecule has 3 aromatic carbocycles. The van der Waals surface area contributed by atoms with Crippen LogP contribution < -0.4 is 10.4 Å². The van der Waals surface area contributed by atoms with Crippen LogP contribution in [-0.2, 0) is 9.16 Å². The van der Waals surface area contributed by atoms with E-state index >= 15 is 0 Å². The van der Waals surface area contributed by atoms with Crippen LogP contribution in [0, 0.1) is 0 Å². The van der Waals surface area contributed by atoms with Crippen molar-refractivity contribution in [2.75, 3.05) is 6.61 Å². The van der Waals surface area contributed by atoms with E-state index < -0.39 is 20.5 Å². The zero-order chi connectivity index (χ0) is 22.6. The van der Waals surface area contributed by atoms with Gasteiger partial charge in [-0.3, -0.25) is 0 Å². The fourth-order valence-corrected chi connectivity index (χ4v) is 9.16. The van der Waals surface area contributed by atoms with Crippen molar-refractivity contribution in [1.82, 2.24) is 0 Å². The van der Waals surface area contributed by atoms with E-state index in [4.69, 9.17) is 9.16 Å². The van der Waals surface area contributed by atoms with Gasteiger partial charge < -0.3 is 14.3 Å². The van der Waals surface area contributed by atoms with Crippen LogP contribution in [0.25, 0.3) is 0 Å². The van der Waals surface area contributed by atoms with Gasteiger partial charge >= 0.3 is 0 Å². The normalized spacial score (nSPS) is 21.4. The Labute approximate surface area is 192 Å². The summed E-state index contributed by atoms with van der Waals surface area (Å²) in [6.07, 6.45) is 2.44. The Morgan fingerprint density at radius 2 is 1.28 bits per heavy atom. The minimum Gasteiger partial charge on any atom is -0.405 e. The second kappa shape index (κ2) is 9.55. The molecule has 0 unspecified atom stereocenters. The van der Waals surface area contributed by atoms with E-state index in [-0.39, 0.29) is 11.1 Å². The number of benzene rings is 3. The molecule has 0 amide bonds. The zero-order valence-corrected chi connectivity index (χ0v) is 20.0. The van der Waals surface area contributed by atoms with Crippen molar-refractivity contribution in [2.45, 2.75) is 44.1 Å². The molecule has 4 rings (SSSR count). The maximum Gasteiger partial charge on any atom is 0.261 e. The molecule has 0 bridgehead atoms. The van der Waals surface area contributed by atoms with Crippen molar-refractivity contribution in [3.05, 3.63) is 109 Å². The molecule has 3 nitrogen and oxygen atoms in total. The molecule has 1 N–H and O–H groups in total. The number of hydrogen-bond acceptors (Lipinski definition) is 3. The number of rotatable bonds is 6. The summed E-state index contributed by atoms with van der Waals surface area (Å²) < 4.78 is 13.3. The first kappa shape index (κ1) is 22.7. The fourth-order valence-electron chi connectivity index (χ4n) is 4.59. The molecule has 166 valence electrons. The second-order valence-electron chi connectivity index (χ2n) is 9.36. The molecule has 1 aliphatic heterocycles. The molecule has 0 spiro atoms. The first-order valence-electron chi connectivity index (χ1n) is 11.2. The lowest BCUT2D eigenvalue weighted by atomic mass is 10.0. The predicted octanol–water partition coefficient (Wildman–Crippen LogP) is 4.62. The highest BCUT2D eigenvalue weighted by molar-refractivity contribution is 6.99. The third-order valence-electron chi connectivity index (χ3n) is 6.19. The van der Waals surface area contributed by atoms with Gasteiger partial charge in [0.15, 0.2) is 0 Å². The van der Waals surface area contributed by atoms with Crippen molar-refractivity contribution in [1.29, 1.82) is 0 Å². The van der Waals surface area contributed by atoms with Gasteiger partial charge in [-0.05, 0) is 21.0 Å². The molecule has 0 fully saturated rings. The SMILES string of the molecule is CC(C)(C)[Si](OC[C@H]1O[C@H](c2ccccc2)C=C[C@H]1O)(c1ccccc1)c1ccccc1. The van der Waals surface area contributed by atoms with E-state index in [0.717, 1.165) is 5.56 Å². The number of aliphatic hydroxyl groups is 1. The van der Waals surface area contributed by atoms with E-state index in [2.05, 4.69) is 69.3 Å². The Kier molecular flexibility index (Phi) is 6.77. The lowest BCUT2D eigenvalue weighted by molar-refractivity contribution is -0.0774. The van der Waals surface area contributed by atoms with E-state index in [9.17, 15) is 5.11 Å². The summed E-state index contributed by atoms with van der Waals surface area (Å²) in [5.41, 5.74) is 1.08. The molecule has 4 heteroatoms. The smallest absolute Gasteiger partial charge is 0.261 e. The molecule has 3 atom stereocenters. The minimum absolute atomic E-state index is 0.121. The highest BCUT2D eigenvalue weighted by Crippen LogP contribution is 2.37. The Morgan fingerprint density at radius 3 is 1.78 bits per heavy atom. The van der Waals surface area contributed by atoms with Gasteiger partial charge in [0.05, 0.1) is 6.61 Å². The van der Waals surface area contributed by atoms with Gasteiger partial charge in [0.25, 0.3) is 8.32 Å². The van der Waals surface area contributed by atoms with Gasteiger partial charge in [-0.2, -0.15) is 0 Å². The standard InChI is InChI=1S/C28H32O3Si/c1-28(2,3)32(23-15-9-5-10-16-23,24-17-11-6-12-18-24)30-21-27-25(29)19-20-26(31-27)22-13-7-4-8-14-22/h4-20,25-27,29H,21H2,1-3H3/t25-,26+,27-/m1/s1. The third-order valence-corrected chi connectivity index (χ3v) is 11.2. The Hall–Kier alpha value is -2.50.